The second-order valence-corrected chi connectivity index (χ2v) is 6.20. The van der Waals surface area contributed by atoms with E-state index >= 15 is 0 Å². The standard InChI is InChI=1S/C16H26N2/c1-13(2)11-15-5-3-14(4-6-15)7-10-18-12-16(17)8-9-16/h3-6,13,18H,7-12,17H2,1-2H3. The van der Waals surface area contributed by atoms with Crippen LogP contribution < -0.4 is 11.1 Å². The van der Waals surface area contributed by atoms with Crippen LogP contribution in [0.25, 0.3) is 0 Å². The predicted molar refractivity (Wildman–Crippen MR) is 77.7 cm³/mol. The lowest BCUT2D eigenvalue weighted by Crippen LogP contribution is -2.36. The van der Waals surface area contributed by atoms with Crippen LogP contribution in [0.5, 0.6) is 0 Å². The van der Waals surface area contributed by atoms with Crippen molar-refractivity contribution in [3.05, 3.63) is 35.4 Å². The molecule has 0 atom stereocenters. The van der Waals surface area contributed by atoms with Crippen LogP contribution in [-0.4, -0.2) is 18.6 Å². The molecule has 2 heteroatoms. The second kappa shape index (κ2) is 5.85. The number of nitrogens with two attached hydrogens (primary N) is 1. The maximum Gasteiger partial charge on any atom is 0.0282 e. The van der Waals surface area contributed by atoms with E-state index in [9.17, 15) is 0 Å². The molecule has 0 aliphatic heterocycles. The summed E-state index contributed by atoms with van der Waals surface area (Å²) in [5, 5.41) is 3.46. The molecule has 2 rings (SSSR count). The molecule has 0 heterocycles. The zero-order valence-electron chi connectivity index (χ0n) is 11.7. The Balaban J connectivity index is 1.69. The van der Waals surface area contributed by atoms with Crippen LogP contribution in [0.4, 0.5) is 0 Å². The zero-order valence-corrected chi connectivity index (χ0v) is 11.7. The quantitative estimate of drug-likeness (QED) is 0.726. The van der Waals surface area contributed by atoms with Crippen LogP contribution in [0.1, 0.15) is 37.8 Å². The van der Waals surface area contributed by atoms with E-state index in [1.165, 1.54) is 30.4 Å². The minimum Gasteiger partial charge on any atom is -0.324 e. The monoisotopic (exact) mass is 246 g/mol. The van der Waals surface area contributed by atoms with E-state index in [1.807, 2.05) is 0 Å². The summed E-state index contributed by atoms with van der Waals surface area (Å²) in [7, 11) is 0. The summed E-state index contributed by atoms with van der Waals surface area (Å²) >= 11 is 0. The summed E-state index contributed by atoms with van der Waals surface area (Å²) in [6.07, 6.45) is 4.64. The summed E-state index contributed by atoms with van der Waals surface area (Å²) < 4.78 is 0. The fraction of sp³-hybridized carbons (Fsp3) is 0.625. The first kappa shape index (κ1) is 13.6. The van der Waals surface area contributed by atoms with Crippen molar-refractivity contribution in [2.45, 2.75) is 45.1 Å². The lowest BCUT2D eigenvalue weighted by Gasteiger charge is -2.10. The van der Waals surface area contributed by atoms with Crippen molar-refractivity contribution in [2.75, 3.05) is 13.1 Å². The molecule has 1 aromatic carbocycles. The van der Waals surface area contributed by atoms with Gasteiger partial charge in [-0.3, -0.25) is 0 Å². The molecule has 1 aliphatic carbocycles. The van der Waals surface area contributed by atoms with E-state index in [-0.39, 0.29) is 5.54 Å². The SMILES string of the molecule is CC(C)Cc1ccc(CCNCC2(N)CC2)cc1. The molecule has 1 saturated carbocycles. The highest BCUT2D eigenvalue weighted by atomic mass is 15.0. The Kier molecular flexibility index (Phi) is 4.41. The number of hydrogen-bond acceptors (Lipinski definition) is 2. The van der Waals surface area contributed by atoms with Crippen LogP contribution in [0.15, 0.2) is 24.3 Å². The maximum atomic E-state index is 6.03. The fourth-order valence-corrected chi connectivity index (χ4v) is 2.22. The van der Waals surface area contributed by atoms with Gasteiger partial charge in [0.1, 0.15) is 0 Å². The van der Waals surface area contributed by atoms with Gasteiger partial charge in [-0.15, -0.1) is 0 Å². The molecule has 0 aromatic heterocycles. The Labute approximate surface area is 111 Å². The number of hydrogen-bond donors (Lipinski definition) is 2. The summed E-state index contributed by atoms with van der Waals surface area (Å²) in [5.74, 6) is 0.733. The topological polar surface area (TPSA) is 38.0 Å². The second-order valence-electron chi connectivity index (χ2n) is 6.20. The maximum absolute atomic E-state index is 6.03. The first-order valence-electron chi connectivity index (χ1n) is 7.15. The Morgan fingerprint density at radius 3 is 2.33 bits per heavy atom. The highest BCUT2D eigenvalue weighted by molar-refractivity contribution is 5.23. The summed E-state index contributed by atoms with van der Waals surface area (Å²) in [5.41, 5.74) is 9.01. The van der Waals surface area contributed by atoms with Crippen LogP contribution in [0.3, 0.4) is 0 Å². The van der Waals surface area contributed by atoms with Gasteiger partial charge in [-0.2, -0.15) is 0 Å². The molecule has 0 amide bonds. The Morgan fingerprint density at radius 2 is 1.78 bits per heavy atom. The number of nitrogens with one attached hydrogen (secondary N) is 1. The third-order valence-electron chi connectivity index (χ3n) is 3.63. The fourth-order valence-electron chi connectivity index (χ4n) is 2.22. The van der Waals surface area contributed by atoms with E-state index in [4.69, 9.17) is 5.73 Å². The Hall–Kier alpha value is -0.860. The van der Waals surface area contributed by atoms with Crippen molar-refractivity contribution in [3.8, 4) is 0 Å². The van der Waals surface area contributed by atoms with Crippen molar-refractivity contribution < 1.29 is 0 Å². The molecule has 100 valence electrons. The van der Waals surface area contributed by atoms with Gasteiger partial charge in [0.2, 0.25) is 0 Å². The molecule has 0 radical (unpaired) electrons. The van der Waals surface area contributed by atoms with Crippen LogP contribution in [0, 0.1) is 5.92 Å². The van der Waals surface area contributed by atoms with Gasteiger partial charge in [-0.1, -0.05) is 38.1 Å². The Morgan fingerprint density at radius 1 is 1.17 bits per heavy atom. The minimum absolute atomic E-state index is 0.126. The van der Waals surface area contributed by atoms with Gasteiger partial charge in [-0.25, -0.2) is 0 Å². The van der Waals surface area contributed by atoms with Gasteiger partial charge in [-0.05, 0) is 49.3 Å². The average molecular weight is 246 g/mol. The van der Waals surface area contributed by atoms with Gasteiger partial charge in [0.05, 0.1) is 0 Å². The third kappa shape index (κ3) is 4.43. The molecule has 0 spiro atoms. The van der Waals surface area contributed by atoms with Crippen molar-refractivity contribution >= 4 is 0 Å². The van der Waals surface area contributed by atoms with E-state index in [0.717, 1.165) is 25.4 Å². The van der Waals surface area contributed by atoms with E-state index in [0.29, 0.717) is 0 Å². The molecule has 18 heavy (non-hydrogen) atoms. The van der Waals surface area contributed by atoms with Gasteiger partial charge >= 0.3 is 0 Å². The first-order valence-corrected chi connectivity index (χ1v) is 7.15. The largest absolute Gasteiger partial charge is 0.324 e. The molecule has 1 aliphatic rings. The van der Waals surface area contributed by atoms with Gasteiger partial charge in [0.25, 0.3) is 0 Å². The van der Waals surface area contributed by atoms with Crippen molar-refractivity contribution in [1.82, 2.24) is 5.32 Å². The molecule has 3 N–H and O–H groups in total. The lowest BCUT2D eigenvalue weighted by molar-refractivity contribution is 0.570. The summed E-state index contributed by atoms with van der Waals surface area (Å²) in [6.45, 7) is 6.53. The van der Waals surface area contributed by atoms with E-state index < -0.39 is 0 Å². The average Bonchev–Trinajstić information content (AvgIpc) is 3.05. The van der Waals surface area contributed by atoms with Crippen molar-refractivity contribution in [2.24, 2.45) is 11.7 Å². The first-order chi connectivity index (χ1) is 8.57. The molecule has 1 fully saturated rings. The van der Waals surface area contributed by atoms with Crippen LogP contribution >= 0.6 is 0 Å². The molecule has 1 aromatic rings. The third-order valence-corrected chi connectivity index (χ3v) is 3.63. The molecule has 2 nitrogen and oxygen atoms in total. The highest BCUT2D eigenvalue weighted by Crippen LogP contribution is 2.30. The summed E-state index contributed by atoms with van der Waals surface area (Å²) in [6, 6.07) is 9.05. The molecule has 0 bridgehead atoms. The minimum atomic E-state index is 0.126. The lowest BCUT2D eigenvalue weighted by atomic mass is 10.0. The van der Waals surface area contributed by atoms with Crippen molar-refractivity contribution in [1.29, 1.82) is 0 Å². The highest BCUT2D eigenvalue weighted by Gasteiger charge is 2.37. The smallest absolute Gasteiger partial charge is 0.0282 e. The van der Waals surface area contributed by atoms with E-state index in [1.54, 1.807) is 0 Å². The van der Waals surface area contributed by atoms with Gasteiger partial charge in [0, 0.05) is 12.1 Å². The molecular weight excluding hydrogens is 220 g/mol. The van der Waals surface area contributed by atoms with Crippen LogP contribution in [0.2, 0.25) is 0 Å². The zero-order chi connectivity index (χ0) is 13.0. The van der Waals surface area contributed by atoms with E-state index in [2.05, 4.69) is 43.4 Å². The van der Waals surface area contributed by atoms with Crippen LogP contribution in [-0.2, 0) is 12.8 Å². The molecular formula is C16H26N2. The van der Waals surface area contributed by atoms with Crippen molar-refractivity contribution in [3.63, 3.8) is 0 Å². The van der Waals surface area contributed by atoms with Gasteiger partial charge < -0.3 is 11.1 Å². The Bertz CT molecular complexity index is 363. The summed E-state index contributed by atoms with van der Waals surface area (Å²) in [4.78, 5) is 0. The van der Waals surface area contributed by atoms with Gasteiger partial charge in [0.15, 0.2) is 0 Å². The number of rotatable bonds is 7. The molecule has 0 saturated heterocycles. The normalized spacial score (nSPS) is 17.1. The predicted octanol–water partition coefficient (Wildman–Crippen LogP) is 2.51. The molecule has 0 unspecified atom stereocenters. The number of benzene rings is 1.